The molecule has 18 heavy (non-hydrogen) atoms. The molecule has 1 aliphatic heterocycles. The minimum atomic E-state index is -4.26. The molecule has 1 aliphatic rings. The van der Waals surface area contributed by atoms with Gasteiger partial charge in [0.15, 0.2) is 0 Å². The van der Waals surface area contributed by atoms with Crippen LogP contribution in [0.5, 0.6) is 0 Å². The molecule has 0 amide bonds. The van der Waals surface area contributed by atoms with Crippen molar-refractivity contribution in [1.29, 1.82) is 0 Å². The quantitative estimate of drug-likeness (QED) is 0.901. The number of fused-ring (bicyclic) bond motifs is 1. The first kappa shape index (κ1) is 13.1. The van der Waals surface area contributed by atoms with Gasteiger partial charge in [-0.05, 0) is 17.5 Å². The summed E-state index contributed by atoms with van der Waals surface area (Å²) < 4.78 is 36.1. The van der Waals surface area contributed by atoms with E-state index in [1.807, 2.05) is 24.3 Å². The number of alkyl halides is 3. The van der Waals surface area contributed by atoms with E-state index in [0.717, 1.165) is 11.1 Å². The second-order valence-electron chi connectivity index (χ2n) is 4.49. The van der Waals surface area contributed by atoms with Gasteiger partial charge in [-0.3, -0.25) is 4.79 Å². The van der Waals surface area contributed by atoms with Crippen LogP contribution in [-0.2, 0) is 17.8 Å². The third-order valence-electron chi connectivity index (χ3n) is 3.12. The third kappa shape index (κ3) is 3.32. The highest BCUT2D eigenvalue weighted by Crippen LogP contribution is 2.23. The van der Waals surface area contributed by atoms with Gasteiger partial charge in [0, 0.05) is 13.0 Å². The molecule has 0 saturated carbocycles. The zero-order valence-electron chi connectivity index (χ0n) is 9.76. The molecule has 1 heterocycles. The SMILES string of the molecule is O=C(CCC(F)(F)F)C1Cc2ccccc2CN1. The predicted molar refractivity (Wildman–Crippen MR) is 61.1 cm³/mol. The fraction of sp³-hybridized carbons (Fsp3) is 0.462. The van der Waals surface area contributed by atoms with E-state index >= 15 is 0 Å². The van der Waals surface area contributed by atoms with Crippen molar-refractivity contribution < 1.29 is 18.0 Å². The Bertz CT molecular complexity index is 442. The van der Waals surface area contributed by atoms with Gasteiger partial charge in [-0.25, -0.2) is 0 Å². The number of hydrogen-bond donors (Lipinski definition) is 1. The van der Waals surface area contributed by atoms with E-state index in [1.165, 1.54) is 0 Å². The largest absolute Gasteiger partial charge is 0.389 e. The van der Waals surface area contributed by atoms with Gasteiger partial charge < -0.3 is 5.32 Å². The van der Waals surface area contributed by atoms with Crippen molar-refractivity contribution in [2.24, 2.45) is 0 Å². The van der Waals surface area contributed by atoms with E-state index in [4.69, 9.17) is 0 Å². The van der Waals surface area contributed by atoms with Crippen LogP contribution in [0.25, 0.3) is 0 Å². The van der Waals surface area contributed by atoms with Crippen molar-refractivity contribution >= 4 is 5.78 Å². The van der Waals surface area contributed by atoms with Gasteiger partial charge in [-0.1, -0.05) is 24.3 Å². The Morgan fingerprint density at radius 2 is 1.94 bits per heavy atom. The average Bonchev–Trinajstić information content (AvgIpc) is 2.34. The summed E-state index contributed by atoms with van der Waals surface area (Å²) in [5.74, 6) is -0.359. The highest BCUT2D eigenvalue weighted by Gasteiger charge is 2.31. The van der Waals surface area contributed by atoms with Crippen LogP contribution in [0, 0.1) is 0 Å². The number of Topliss-reactive ketones (excluding diaryl/α,β-unsaturated/α-hetero) is 1. The number of benzene rings is 1. The molecule has 5 heteroatoms. The predicted octanol–water partition coefficient (Wildman–Crippen LogP) is 2.61. The fourth-order valence-corrected chi connectivity index (χ4v) is 2.12. The maximum Gasteiger partial charge on any atom is 0.389 e. The Morgan fingerprint density at radius 3 is 2.61 bits per heavy atom. The van der Waals surface area contributed by atoms with Crippen molar-refractivity contribution in [3.63, 3.8) is 0 Å². The third-order valence-corrected chi connectivity index (χ3v) is 3.12. The average molecular weight is 257 g/mol. The topological polar surface area (TPSA) is 29.1 Å². The minimum Gasteiger partial charge on any atom is -0.303 e. The van der Waals surface area contributed by atoms with E-state index in [-0.39, 0.29) is 5.78 Å². The summed E-state index contributed by atoms with van der Waals surface area (Å²) in [5, 5.41) is 2.99. The summed E-state index contributed by atoms with van der Waals surface area (Å²) in [7, 11) is 0. The molecule has 0 radical (unpaired) electrons. The van der Waals surface area contributed by atoms with Crippen molar-refractivity contribution in [2.75, 3.05) is 0 Å². The van der Waals surface area contributed by atoms with Crippen LogP contribution in [0.2, 0.25) is 0 Å². The molecule has 0 aliphatic carbocycles. The second-order valence-corrected chi connectivity index (χ2v) is 4.49. The second kappa shape index (κ2) is 5.10. The molecule has 0 fully saturated rings. The highest BCUT2D eigenvalue weighted by atomic mass is 19.4. The number of hydrogen-bond acceptors (Lipinski definition) is 2. The van der Waals surface area contributed by atoms with Crippen molar-refractivity contribution in [3.8, 4) is 0 Å². The Balaban J connectivity index is 1.95. The van der Waals surface area contributed by atoms with E-state index in [1.54, 1.807) is 0 Å². The zero-order chi connectivity index (χ0) is 13.2. The molecule has 1 aromatic carbocycles. The van der Waals surface area contributed by atoms with E-state index in [2.05, 4.69) is 5.32 Å². The molecule has 0 bridgehead atoms. The van der Waals surface area contributed by atoms with Crippen LogP contribution < -0.4 is 5.32 Å². The number of nitrogens with one attached hydrogen (secondary N) is 1. The van der Waals surface area contributed by atoms with Crippen molar-refractivity contribution in [1.82, 2.24) is 5.32 Å². The van der Waals surface area contributed by atoms with Crippen LogP contribution in [0.1, 0.15) is 24.0 Å². The lowest BCUT2D eigenvalue weighted by Crippen LogP contribution is -2.42. The van der Waals surface area contributed by atoms with Gasteiger partial charge in [-0.2, -0.15) is 13.2 Å². The maximum atomic E-state index is 12.0. The Labute approximate surface area is 103 Å². The number of carbonyl (C=O) groups is 1. The summed E-state index contributed by atoms with van der Waals surface area (Å²) in [4.78, 5) is 11.7. The first-order valence-corrected chi connectivity index (χ1v) is 5.85. The number of ketones is 1. The fourth-order valence-electron chi connectivity index (χ4n) is 2.12. The first-order chi connectivity index (χ1) is 8.46. The Kier molecular flexibility index (Phi) is 3.71. The van der Waals surface area contributed by atoms with Crippen molar-refractivity contribution in [3.05, 3.63) is 35.4 Å². The number of carbonyl (C=O) groups excluding carboxylic acids is 1. The van der Waals surface area contributed by atoms with Gasteiger partial charge in [0.25, 0.3) is 0 Å². The Morgan fingerprint density at radius 1 is 1.28 bits per heavy atom. The first-order valence-electron chi connectivity index (χ1n) is 5.85. The molecular formula is C13H14F3NO. The van der Waals surface area contributed by atoms with Crippen LogP contribution in [0.4, 0.5) is 13.2 Å². The molecule has 0 spiro atoms. The molecule has 1 atom stereocenters. The van der Waals surface area contributed by atoms with Gasteiger partial charge in [0.05, 0.1) is 12.5 Å². The number of rotatable bonds is 3. The van der Waals surface area contributed by atoms with Crippen LogP contribution >= 0.6 is 0 Å². The molecule has 1 unspecified atom stereocenters. The molecule has 1 aromatic rings. The summed E-state index contributed by atoms with van der Waals surface area (Å²) in [6.45, 7) is 0.540. The van der Waals surface area contributed by atoms with Crippen molar-refractivity contribution in [2.45, 2.75) is 38.0 Å². The highest BCUT2D eigenvalue weighted by molar-refractivity contribution is 5.84. The Hall–Kier alpha value is -1.36. The monoisotopic (exact) mass is 257 g/mol. The smallest absolute Gasteiger partial charge is 0.303 e. The van der Waals surface area contributed by atoms with Crippen LogP contribution in [0.15, 0.2) is 24.3 Å². The standard InChI is InChI=1S/C13H14F3NO/c14-13(15,16)6-5-12(18)11-7-9-3-1-2-4-10(9)8-17-11/h1-4,11,17H,5-8H2. The van der Waals surface area contributed by atoms with Gasteiger partial charge in [-0.15, -0.1) is 0 Å². The van der Waals surface area contributed by atoms with Gasteiger partial charge in [0.2, 0.25) is 0 Å². The summed E-state index contributed by atoms with van der Waals surface area (Å²) in [6.07, 6.45) is -5.26. The molecule has 1 N–H and O–H groups in total. The van der Waals surface area contributed by atoms with E-state index in [0.29, 0.717) is 13.0 Å². The summed E-state index contributed by atoms with van der Waals surface area (Å²) >= 11 is 0. The molecule has 2 nitrogen and oxygen atoms in total. The van der Waals surface area contributed by atoms with Gasteiger partial charge in [0.1, 0.15) is 5.78 Å². The molecule has 98 valence electrons. The van der Waals surface area contributed by atoms with Crippen LogP contribution in [0.3, 0.4) is 0 Å². The zero-order valence-corrected chi connectivity index (χ0v) is 9.76. The molecular weight excluding hydrogens is 243 g/mol. The van der Waals surface area contributed by atoms with E-state index in [9.17, 15) is 18.0 Å². The van der Waals surface area contributed by atoms with Gasteiger partial charge >= 0.3 is 6.18 Å². The normalized spacial score (nSPS) is 19.4. The summed E-state index contributed by atoms with van der Waals surface area (Å²) in [6, 6.07) is 7.18. The molecule has 0 aromatic heterocycles. The minimum absolute atomic E-state index is 0.359. The molecule has 0 saturated heterocycles. The lowest BCUT2D eigenvalue weighted by atomic mass is 9.92. The lowest BCUT2D eigenvalue weighted by Gasteiger charge is -2.25. The summed E-state index contributed by atoms with van der Waals surface area (Å²) in [5.41, 5.74) is 2.15. The maximum absolute atomic E-state index is 12.0. The van der Waals surface area contributed by atoms with E-state index < -0.39 is 25.1 Å². The van der Waals surface area contributed by atoms with Crippen LogP contribution in [-0.4, -0.2) is 18.0 Å². The lowest BCUT2D eigenvalue weighted by molar-refractivity contribution is -0.144. The number of halogens is 3. The molecule has 2 rings (SSSR count).